The maximum atomic E-state index is 12.1. The molecule has 0 rings (SSSR count). The molecule has 0 spiro atoms. The van der Waals surface area contributed by atoms with Crippen molar-refractivity contribution in [1.82, 2.24) is 0 Å². The molecule has 0 heterocycles. The number of ether oxygens (including phenoxy) is 2. The quantitative estimate of drug-likeness (QED) is 0.245. The van der Waals surface area contributed by atoms with Crippen LogP contribution in [0.5, 0.6) is 0 Å². The maximum absolute atomic E-state index is 12.1. The van der Waals surface area contributed by atoms with Crippen LogP contribution in [0.1, 0.15) is 19.3 Å². The van der Waals surface area contributed by atoms with E-state index in [9.17, 15) is 9.59 Å². The molecule has 0 radical (unpaired) electrons. The van der Waals surface area contributed by atoms with Gasteiger partial charge in [-0.1, -0.05) is 0 Å². The van der Waals surface area contributed by atoms with Crippen LogP contribution in [0.15, 0.2) is 12.7 Å². The molecule has 0 fully saturated rings. The summed E-state index contributed by atoms with van der Waals surface area (Å²) < 4.78 is 12.8. The fourth-order valence-corrected chi connectivity index (χ4v) is 3.02. The third-order valence-corrected chi connectivity index (χ3v) is 4.73. The van der Waals surface area contributed by atoms with Crippen molar-refractivity contribution in [3.63, 3.8) is 0 Å². The van der Waals surface area contributed by atoms with Crippen molar-refractivity contribution in [1.29, 1.82) is 0 Å². The topological polar surface area (TPSA) is 52.6 Å². The van der Waals surface area contributed by atoms with E-state index in [1.54, 1.807) is 6.08 Å². The molecule has 0 aliphatic rings. The molecule has 0 amide bonds. The molecule has 0 aromatic rings. The van der Waals surface area contributed by atoms with Crippen molar-refractivity contribution in [3.8, 4) is 10.7 Å². The molecule has 5 heteroatoms. The van der Waals surface area contributed by atoms with Crippen LogP contribution in [-0.4, -0.2) is 39.4 Å². The van der Waals surface area contributed by atoms with Gasteiger partial charge in [0.25, 0.3) is 0 Å². The first-order valence-corrected chi connectivity index (χ1v) is 13.9. The second-order valence-corrected chi connectivity index (χ2v) is 15.6. The van der Waals surface area contributed by atoms with E-state index in [0.29, 0.717) is 12.8 Å². The molecule has 0 bridgehead atoms. The minimum atomic E-state index is -2.04. The molecule has 4 nitrogen and oxygen atoms in total. The van der Waals surface area contributed by atoms with Crippen molar-refractivity contribution in [2.75, 3.05) is 14.2 Å². The molecular weight excluding hydrogens is 317 g/mol. The molecule has 0 N–H and O–H groups in total. The fraction of sp³-hybridized carbons (Fsp3) is 0.600. The number of allylic oxidation sites excluding steroid dienone is 1. The predicted octanol–water partition coefficient (Wildman–Crippen LogP) is 2.56. The summed E-state index contributed by atoms with van der Waals surface area (Å²) in [5.41, 5.74) is -1.35. The Kier molecular flexibility index (Phi) is 7.66. The number of carbonyl (C=O) groups is 2. The van der Waals surface area contributed by atoms with Gasteiger partial charge >= 0.3 is 124 Å². The van der Waals surface area contributed by atoms with Gasteiger partial charge in [0.05, 0.1) is 0 Å². The molecule has 0 saturated heterocycles. The van der Waals surface area contributed by atoms with Gasteiger partial charge in [-0.05, 0) is 0 Å². The standard InChI is InChI=1S/C15H24GeO4/c1-7-8-10-15(13(17)19-5,14(18)20-6)11-9-12-16(2,3)4/h7H,1,8,10-11H2,2-6H3. The SMILES string of the molecule is C=CCCC(CC#[C][Ge]([CH3])([CH3])[CH3])(C(=O)OC)C(=O)OC. The van der Waals surface area contributed by atoms with Crippen LogP contribution < -0.4 is 0 Å². The van der Waals surface area contributed by atoms with Gasteiger partial charge in [0, 0.05) is 0 Å². The van der Waals surface area contributed by atoms with Gasteiger partial charge in [-0.15, -0.1) is 0 Å². The van der Waals surface area contributed by atoms with E-state index < -0.39 is 30.6 Å². The summed E-state index contributed by atoms with van der Waals surface area (Å²) in [6, 6.07) is 0. The summed E-state index contributed by atoms with van der Waals surface area (Å²) in [5.74, 6) is 8.25. The summed E-state index contributed by atoms with van der Waals surface area (Å²) in [5, 5.41) is 0. The molecule has 0 unspecified atom stereocenters. The number of carbonyl (C=O) groups excluding carboxylic acids is 2. The number of rotatable bonds is 6. The number of hydrogen-bond donors (Lipinski definition) is 0. The molecule has 0 aliphatic carbocycles. The Labute approximate surface area is 124 Å². The Morgan fingerprint density at radius 2 is 1.70 bits per heavy atom. The zero-order valence-corrected chi connectivity index (χ0v) is 15.1. The second kappa shape index (κ2) is 8.16. The summed E-state index contributed by atoms with van der Waals surface area (Å²) in [7, 11) is 2.53. The first-order valence-electron chi connectivity index (χ1n) is 6.51. The van der Waals surface area contributed by atoms with E-state index in [1.807, 2.05) is 0 Å². The second-order valence-electron chi connectivity index (χ2n) is 5.62. The molecular formula is C15H24GeO4. The third-order valence-electron chi connectivity index (χ3n) is 2.78. The first-order chi connectivity index (χ1) is 9.23. The van der Waals surface area contributed by atoms with E-state index in [4.69, 9.17) is 9.47 Å². The molecule has 112 valence electrons. The van der Waals surface area contributed by atoms with Gasteiger partial charge in [-0.3, -0.25) is 0 Å². The summed E-state index contributed by atoms with van der Waals surface area (Å²) in [4.78, 5) is 24.2. The molecule has 20 heavy (non-hydrogen) atoms. The third kappa shape index (κ3) is 5.42. The van der Waals surface area contributed by atoms with Gasteiger partial charge in [-0.25, -0.2) is 0 Å². The van der Waals surface area contributed by atoms with E-state index in [2.05, 4.69) is 34.5 Å². The van der Waals surface area contributed by atoms with Gasteiger partial charge in [0.1, 0.15) is 0 Å². The normalized spacial score (nSPS) is 11.1. The van der Waals surface area contributed by atoms with Gasteiger partial charge in [0.15, 0.2) is 0 Å². The van der Waals surface area contributed by atoms with E-state index in [1.165, 1.54) is 14.2 Å². The van der Waals surface area contributed by atoms with Crippen LogP contribution >= 0.6 is 0 Å². The van der Waals surface area contributed by atoms with Crippen molar-refractivity contribution in [3.05, 3.63) is 12.7 Å². The fourth-order valence-electron chi connectivity index (χ4n) is 1.72. The van der Waals surface area contributed by atoms with Crippen LogP contribution in [0, 0.1) is 16.1 Å². The number of esters is 2. The van der Waals surface area contributed by atoms with E-state index >= 15 is 0 Å². The predicted molar refractivity (Wildman–Crippen MR) is 81.6 cm³/mol. The van der Waals surface area contributed by atoms with Crippen molar-refractivity contribution in [2.24, 2.45) is 5.41 Å². The Hall–Kier alpha value is -1.22. The number of methoxy groups -OCH3 is 2. The zero-order chi connectivity index (χ0) is 15.8. The molecule has 0 aromatic carbocycles. The molecule has 0 aliphatic heterocycles. The van der Waals surface area contributed by atoms with Gasteiger partial charge in [0.2, 0.25) is 0 Å². The summed E-state index contributed by atoms with van der Waals surface area (Å²) in [6.07, 6.45) is 2.60. The average molecular weight is 341 g/mol. The minimum absolute atomic E-state index is 0.128. The molecule has 0 aromatic heterocycles. The van der Waals surface area contributed by atoms with Crippen LogP contribution in [0.25, 0.3) is 0 Å². The van der Waals surface area contributed by atoms with Crippen LogP contribution in [0.2, 0.25) is 17.3 Å². The van der Waals surface area contributed by atoms with Crippen molar-refractivity contribution < 1.29 is 19.1 Å². The molecule has 0 saturated carbocycles. The van der Waals surface area contributed by atoms with Crippen molar-refractivity contribution in [2.45, 2.75) is 36.5 Å². The van der Waals surface area contributed by atoms with E-state index in [0.717, 1.165) is 0 Å². The Morgan fingerprint density at radius 3 is 2.05 bits per heavy atom. The van der Waals surface area contributed by atoms with Crippen molar-refractivity contribution >= 4 is 25.2 Å². The average Bonchev–Trinajstić information content (AvgIpc) is 2.39. The Morgan fingerprint density at radius 1 is 1.20 bits per heavy atom. The van der Waals surface area contributed by atoms with Crippen LogP contribution in [0.4, 0.5) is 0 Å². The summed E-state index contributed by atoms with van der Waals surface area (Å²) >= 11 is -2.04. The summed E-state index contributed by atoms with van der Waals surface area (Å²) in [6.45, 7) is 3.62. The number of hydrogen-bond acceptors (Lipinski definition) is 4. The van der Waals surface area contributed by atoms with Gasteiger partial charge < -0.3 is 0 Å². The Bertz CT molecular complexity index is 407. The molecule has 0 atom stereocenters. The first kappa shape index (κ1) is 18.8. The van der Waals surface area contributed by atoms with Gasteiger partial charge in [-0.2, -0.15) is 0 Å². The Balaban J connectivity index is 5.47. The monoisotopic (exact) mass is 342 g/mol. The van der Waals surface area contributed by atoms with E-state index in [-0.39, 0.29) is 6.42 Å². The van der Waals surface area contributed by atoms with Crippen LogP contribution in [-0.2, 0) is 19.1 Å². The zero-order valence-electron chi connectivity index (χ0n) is 13.0. The van der Waals surface area contributed by atoms with Crippen LogP contribution in [0.3, 0.4) is 0 Å².